The van der Waals surface area contributed by atoms with E-state index in [0.717, 1.165) is 6.54 Å². The number of aryl methyl sites for hydroxylation is 1. The van der Waals surface area contributed by atoms with Gasteiger partial charge in [0.25, 0.3) is 5.56 Å². The third kappa shape index (κ3) is 2.23. The molecule has 0 aromatic carbocycles. The van der Waals surface area contributed by atoms with Crippen LogP contribution in [0.4, 0.5) is 0 Å². The summed E-state index contributed by atoms with van der Waals surface area (Å²) in [6.07, 6.45) is 4.64. The van der Waals surface area contributed by atoms with Crippen molar-refractivity contribution in [3.63, 3.8) is 0 Å². The highest BCUT2D eigenvalue weighted by Crippen LogP contribution is 2.20. The van der Waals surface area contributed by atoms with Crippen molar-refractivity contribution in [3.05, 3.63) is 32.6 Å². The zero-order valence-electron chi connectivity index (χ0n) is 8.48. The summed E-state index contributed by atoms with van der Waals surface area (Å²) in [5.74, 6) is 0.859. The zero-order valence-corrected chi connectivity index (χ0v) is 10.6. The van der Waals surface area contributed by atoms with Crippen LogP contribution in [-0.4, -0.2) is 19.7 Å². The first kappa shape index (κ1) is 11.1. The maximum Gasteiger partial charge on any atom is 0.268 e. The molecule has 0 saturated heterocycles. The van der Waals surface area contributed by atoms with Crippen LogP contribution in [0.25, 0.3) is 0 Å². The van der Waals surface area contributed by atoms with Gasteiger partial charge in [-0.1, -0.05) is 0 Å². The van der Waals surface area contributed by atoms with E-state index in [0.29, 0.717) is 15.2 Å². The van der Waals surface area contributed by atoms with Gasteiger partial charge in [-0.05, 0) is 29.5 Å². The molecule has 0 amide bonds. The molecule has 0 spiro atoms. The van der Waals surface area contributed by atoms with Crippen molar-refractivity contribution in [2.45, 2.75) is 13.5 Å². The second kappa shape index (κ2) is 4.64. The summed E-state index contributed by atoms with van der Waals surface area (Å²) in [7, 11) is 0. The average Bonchev–Trinajstić information content (AvgIpc) is 2.73. The quantitative estimate of drug-likeness (QED) is 0.862. The highest BCUT2D eigenvalue weighted by atomic mass is 127. The summed E-state index contributed by atoms with van der Waals surface area (Å²) in [6, 6.07) is 0. The Labute approximate surface area is 105 Å². The third-order valence-corrected chi connectivity index (χ3v) is 2.86. The predicted octanol–water partition coefficient (Wildman–Crippen LogP) is 1.38. The lowest BCUT2D eigenvalue weighted by molar-refractivity contribution is 0.455. The van der Waals surface area contributed by atoms with E-state index in [1.165, 1.54) is 6.33 Å². The molecular weight excluding hydrogens is 323 g/mol. The summed E-state index contributed by atoms with van der Waals surface area (Å²) in [6.45, 7) is 2.75. The highest BCUT2D eigenvalue weighted by molar-refractivity contribution is 14.1. The molecule has 0 aliphatic rings. The van der Waals surface area contributed by atoms with Crippen LogP contribution in [0.15, 0.2) is 23.5 Å². The van der Waals surface area contributed by atoms with Gasteiger partial charge in [0.15, 0.2) is 5.75 Å². The molecule has 0 unspecified atom stereocenters. The molecule has 0 radical (unpaired) electrons. The monoisotopic (exact) mass is 332 g/mol. The van der Waals surface area contributed by atoms with Crippen molar-refractivity contribution in [1.29, 1.82) is 0 Å². The van der Waals surface area contributed by atoms with Gasteiger partial charge in [0.2, 0.25) is 5.88 Å². The number of hydrogen-bond donors (Lipinski definition) is 1. The number of aromatic nitrogens is 4. The molecule has 0 saturated carbocycles. The van der Waals surface area contributed by atoms with Crippen LogP contribution in [0.1, 0.15) is 6.92 Å². The van der Waals surface area contributed by atoms with Gasteiger partial charge in [0, 0.05) is 6.54 Å². The fraction of sp³-hybridized carbons (Fsp3) is 0.222. The molecule has 84 valence electrons. The molecule has 2 heterocycles. The van der Waals surface area contributed by atoms with Gasteiger partial charge in [-0.3, -0.25) is 9.48 Å². The van der Waals surface area contributed by atoms with Gasteiger partial charge < -0.3 is 9.72 Å². The molecule has 0 atom stereocenters. The van der Waals surface area contributed by atoms with Crippen molar-refractivity contribution in [1.82, 2.24) is 19.7 Å². The highest BCUT2D eigenvalue weighted by Gasteiger charge is 2.08. The first-order valence-electron chi connectivity index (χ1n) is 4.64. The van der Waals surface area contributed by atoms with E-state index >= 15 is 0 Å². The summed E-state index contributed by atoms with van der Waals surface area (Å²) in [5, 5.41) is 4.06. The summed E-state index contributed by atoms with van der Waals surface area (Å²) >= 11 is 1.89. The number of H-pyrrole nitrogens is 1. The van der Waals surface area contributed by atoms with E-state index in [1.54, 1.807) is 17.1 Å². The molecule has 6 nitrogen and oxygen atoms in total. The lowest BCUT2D eigenvalue weighted by atomic mass is 10.6. The van der Waals surface area contributed by atoms with Crippen LogP contribution in [0.5, 0.6) is 11.6 Å². The van der Waals surface area contributed by atoms with Gasteiger partial charge >= 0.3 is 0 Å². The summed E-state index contributed by atoms with van der Waals surface area (Å²) in [5.41, 5.74) is -0.214. The summed E-state index contributed by atoms with van der Waals surface area (Å²) < 4.78 is 7.60. The molecular formula is C9H9IN4O2. The molecule has 1 N–H and O–H groups in total. The lowest BCUT2D eigenvalue weighted by Crippen LogP contribution is -2.11. The van der Waals surface area contributed by atoms with E-state index in [-0.39, 0.29) is 5.56 Å². The lowest BCUT2D eigenvalue weighted by Gasteiger charge is -2.01. The number of aromatic amines is 1. The van der Waals surface area contributed by atoms with E-state index in [4.69, 9.17) is 4.74 Å². The largest absolute Gasteiger partial charge is 0.434 e. The van der Waals surface area contributed by atoms with E-state index < -0.39 is 0 Å². The molecule has 16 heavy (non-hydrogen) atoms. The maximum absolute atomic E-state index is 11.3. The van der Waals surface area contributed by atoms with Crippen LogP contribution in [0.2, 0.25) is 0 Å². The van der Waals surface area contributed by atoms with Crippen molar-refractivity contribution in [2.24, 2.45) is 0 Å². The molecule has 0 fully saturated rings. The Balaban J connectivity index is 2.27. The van der Waals surface area contributed by atoms with E-state index in [1.807, 2.05) is 29.5 Å². The average molecular weight is 332 g/mol. The Morgan fingerprint density at radius 2 is 2.44 bits per heavy atom. The van der Waals surface area contributed by atoms with Crippen molar-refractivity contribution >= 4 is 22.6 Å². The van der Waals surface area contributed by atoms with Crippen LogP contribution in [-0.2, 0) is 6.54 Å². The minimum atomic E-state index is -0.214. The molecule has 2 aromatic rings. The molecule has 2 rings (SSSR count). The Bertz CT molecular complexity index is 548. The van der Waals surface area contributed by atoms with Crippen LogP contribution >= 0.6 is 22.6 Å². The standard InChI is InChI=1S/C9H9IN4O2/c1-2-14-4-6(3-13-14)16-9-7(10)8(15)11-5-12-9/h3-5H,2H2,1H3,(H,11,12,15). The minimum Gasteiger partial charge on any atom is -0.434 e. The molecule has 0 bridgehead atoms. The van der Waals surface area contributed by atoms with Crippen LogP contribution in [0.3, 0.4) is 0 Å². The Kier molecular flexibility index (Phi) is 3.22. The van der Waals surface area contributed by atoms with Gasteiger partial charge in [-0.25, -0.2) is 4.98 Å². The Morgan fingerprint density at radius 3 is 3.12 bits per heavy atom. The number of ether oxygens (including phenoxy) is 1. The molecule has 2 aromatic heterocycles. The van der Waals surface area contributed by atoms with Gasteiger partial charge in [-0.2, -0.15) is 5.10 Å². The normalized spacial score (nSPS) is 10.4. The van der Waals surface area contributed by atoms with Gasteiger partial charge in [0.1, 0.15) is 3.57 Å². The molecule has 0 aliphatic carbocycles. The molecule has 0 aliphatic heterocycles. The Hall–Kier alpha value is -1.38. The fourth-order valence-corrected chi connectivity index (χ4v) is 1.52. The first-order valence-corrected chi connectivity index (χ1v) is 5.72. The number of nitrogens with one attached hydrogen (secondary N) is 1. The second-order valence-corrected chi connectivity index (χ2v) is 4.06. The number of halogens is 1. The maximum atomic E-state index is 11.3. The minimum absolute atomic E-state index is 0.214. The zero-order chi connectivity index (χ0) is 11.5. The van der Waals surface area contributed by atoms with Crippen LogP contribution in [0, 0.1) is 3.57 Å². The smallest absolute Gasteiger partial charge is 0.268 e. The number of nitrogens with zero attached hydrogens (tertiary/aromatic N) is 3. The van der Waals surface area contributed by atoms with Crippen LogP contribution < -0.4 is 10.3 Å². The van der Waals surface area contributed by atoms with Crippen molar-refractivity contribution < 1.29 is 4.74 Å². The fourth-order valence-electron chi connectivity index (χ4n) is 1.12. The second-order valence-electron chi connectivity index (χ2n) is 2.98. The van der Waals surface area contributed by atoms with E-state index in [9.17, 15) is 4.79 Å². The predicted molar refractivity (Wildman–Crippen MR) is 65.5 cm³/mol. The Morgan fingerprint density at radius 1 is 1.62 bits per heavy atom. The van der Waals surface area contributed by atoms with Gasteiger partial charge in [0.05, 0.1) is 18.7 Å². The summed E-state index contributed by atoms with van der Waals surface area (Å²) in [4.78, 5) is 17.7. The van der Waals surface area contributed by atoms with Crippen molar-refractivity contribution in [3.8, 4) is 11.6 Å². The van der Waals surface area contributed by atoms with E-state index in [2.05, 4.69) is 15.1 Å². The number of rotatable bonds is 3. The molecule has 7 heteroatoms. The number of hydrogen-bond acceptors (Lipinski definition) is 4. The SMILES string of the molecule is CCn1cc(Oc2nc[nH]c(=O)c2I)cn1. The van der Waals surface area contributed by atoms with Gasteiger partial charge in [-0.15, -0.1) is 0 Å². The van der Waals surface area contributed by atoms with Crippen molar-refractivity contribution in [2.75, 3.05) is 0 Å². The first-order chi connectivity index (χ1) is 7.70. The topological polar surface area (TPSA) is 72.8 Å². The third-order valence-electron chi connectivity index (χ3n) is 1.91.